The molecule has 0 unspecified atom stereocenters. The van der Waals surface area contributed by atoms with Gasteiger partial charge in [0.1, 0.15) is 0 Å². The Morgan fingerprint density at radius 2 is 2.00 bits per heavy atom. The van der Waals surface area contributed by atoms with E-state index in [1.807, 2.05) is 13.8 Å². The van der Waals surface area contributed by atoms with Crippen LogP contribution in [0.1, 0.15) is 25.3 Å². The second kappa shape index (κ2) is 5.78. The summed E-state index contributed by atoms with van der Waals surface area (Å²) in [5.74, 6) is -1.04. The average Bonchev–Trinajstić information content (AvgIpc) is 3.09. The van der Waals surface area contributed by atoms with Crippen LogP contribution in [0, 0.1) is 5.41 Å². The molecule has 2 aromatic rings. The number of aromatic nitrogens is 2. The standard InChI is InChI=1S/C15H14ClF2N3O3/c1-14(2)8-23-21(13(14)22)7-9-3-5-10(6-4-9)11-19-12(24-20-11)15(16,17)18/h3-6H,7-8H2,1-2H3. The molecule has 128 valence electrons. The summed E-state index contributed by atoms with van der Waals surface area (Å²) in [7, 11) is 0. The van der Waals surface area contributed by atoms with E-state index in [0.717, 1.165) is 5.56 Å². The van der Waals surface area contributed by atoms with Crippen molar-refractivity contribution < 1.29 is 22.9 Å². The molecule has 3 rings (SSSR count). The maximum atomic E-state index is 12.9. The monoisotopic (exact) mass is 357 g/mol. The van der Waals surface area contributed by atoms with Crippen LogP contribution in [0.3, 0.4) is 0 Å². The van der Waals surface area contributed by atoms with Crippen molar-refractivity contribution in [2.45, 2.75) is 25.8 Å². The quantitative estimate of drug-likeness (QED) is 0.785. The van der Waals surface area contributed by atoms with Crippen LogP contribution < -0.4 is 0 Å². The van der Waals surface area contributed by atoms with Crippen molar-refractivity contribution in [2.24, 2.45) is 5.41 Å². The van der Waals surface area contributed by atoms with Crippen molar-refractivity contribution in [1.29, 1.82) is 0 Å². The number of amides is 1. The van der Waals surface area contributed by atoms with E-state index in [1.165, 1.54) is 5.06 Å². The van der Waals surface area contributed by atoms with Crippen LogP contribution in [0.4, 0.5) is 8.78 Å². The van der Waals surface area contributed by atoms with Crippen LogP contribution in [0.5, 0.6) is 0 Å². The van der Waals surface area contributed by atoms with Crippen molar-refractivity contribution in [3.05, 3.63) is 35.7 Å². The van der Waals surface area contributed by atoms with Gasteiger partial charge in [-0.3, -0.25) is 9.63 Å². The fourth-order valence-electron chi connectivity index (χ4n) is 2.20. The lowest BCUT2D eigenvalue weighted by molar-refractivity contribution is -0.165. The summed E-state index contributed by atoms with van der Waals surface area (Å²) in [5.41, 5.74) is 0.771. The number of benzene rings is 1. The molecular formula is C15H14ClF2N3O3. The molecule has 1 aromatic carbocycles. The van der Waals surface area contributed by atoms with Crippen LogP contribution in [-0.2, 0) is 21.6 Å². The zero-order valence-corrected chi connectivity index (χ0v) is 13.7. The third-order valence-electron chi connectivity index (χ3n) is 3.59. The summed E-state index contributed by atoms with van der Waals surface area (Å²) in [6.07, 6.45) is 0. The van der Waals surface area contributed by atoms with Crippen LogP contribution in [0.25, 0.3) is 11.4 Å². The molecule has 6 nitrogen and oxygen atoms in total. The molecule has 1 saturated heterocycles. The summed E-state index contributed by atoms with van der Waals surface area (Å²) in [4.78, 5) is 21.1. The largest absolute Gasteiger partial charge is 0.400 e. The Bertz CT molecular complexity index is 756. The third-order valence-corrected chi connectivity index (χ3v) is 3.76. The van der Waals surface area contributed by atoms with Crippen molar-refractivity contribution in [1.82, 2.24) is 15.2 Å². The fourth-order valence-corrected chi connectivity index (χ4v) is 2.27. The molecule has 1 aromatic heterocycles. The highest BCUT2D eigenvalue weighted by Gasteiger charge is 2.40. The molecule has 0 spiro atoms. The minimum Gasteiger partial charge on any atom is -0.331 e. The van der Waals surface area contributed by atoms with Crippen LogP contribution >= 0.6 is 11.6 Å². The van der Waals surface area contributed by atoms with E-state index in [-0.39, 0.29) is 11.7 Å². The number of rotatable bonds is 4. The van der Waals surface area contributed by atoms with Gasteiger partial charge in [0.15, 0.2) is 0 Å². The van der Waals surface area contributed by atoms with Gasteiger partial charge < -0.3 is 4.52 Å². The molecule has 9 heteroatoms. The first kappa shape index (κ1) is 16.8. The van der Waals surface area contributed by atoms with Crippen molar-refractivity contribution >= 4 is 17.5 Å². The fraction of sp³-hybridized carbons (Fsp3) is 0.400. The number of hydrogen-bond donors (Lipinski definition) is 0. The minimum atomic E-state index is -3.70. The molecule has 1 amide bonds. The normalized spacial score (nSPS) is 17.5. The van der Waals surface area contributed by atoms with Gasteiger partial charge in [-0.15, -0.1) is 0 Å². The van der Waals surface area contributed by atoms with E-state index < -0.39 is 16.7 Å². The number of hydroxylamine groups is 2. The molecule has 0 aliphatic carbocycles. The van der Waals surface area contributed by atoms with Gasteiger partial charge in [-0.25, -0.2) is 5.06 Å². The molecule has 0 N–H and O–H groups in total. The van der Waals surface area contributed by atoms with Gasteiger partial charge in [0, 0.05) is 5.56 Å². The van der Waals surface area contributed by atoms with Crippen LogP contribution in [0.15, 0.2) is 28.8 Å². The molecule has 0 saturated carbocycles. The lowest BCUT2D eigenvalue weighted by atomic mass is 9.95. The van der Waals surface area contributed by atoms with E-state index in [2.05, 4.69) is 14.7 Å². The Morgan fingerprint density at radius 1 is 1.33 bits per heavy atom. The molecular weight excluding hydrogens is 344 g/mol. The lowest BCUT2D eigenvalue weighted by Gasteiger charge is -2.16. The first-order chi connectivity index (χ1) is 11.2. The summed E-state index contributed by atoms with van der Waals surface area (Å²) in [6.45, 7) is 4.26. The van der Waals surface area contributed by atoms with E-state index in [4.69, 9.17) is 16.4 Å². The molecule has 0 radical (unpaired) electrons. The van der Waals surface area contributed by atoms with Crippen molar-refractivity contribution in [3.8, 4) is 11.4 Å². The summed E-state index contributed by atoms with van der Waals surface area (Å²) in [5, 5.41) is 1.09. The molecule has 24 heavy (non-hydrogen) atoms. The number of alkyl halides is 3. The lowest BCUT2D eigenvalue weighted by Crippen LogP contribution is -2.30. The first-order valence-electron chi connectivity index (χ1n) is 7.12. The SMILES string of the molecule is CC1(C)CON(Cc2ccc(-c3noc(C(F)(F)Cl)n3)cc2)C1=O. The third kappa shape index (κ3) is 3.25. The van der Waals surface area contributed by atoms with Crippen molar-refractivity contribution in [2.75, 3.05) is 6.61 Å². The Labute approximate surface area is 141 Å². The molecule has 1 aliphatic heterocycles. The second-order valence-corrected chi connectivity index (χ2v) is 6.59. The van der Waals surface area contributed by atoms with E-state index >= 15 is 0 Å². The number of nitrogens with zero attached hydrogens (tertiary/aromatic N) is 3. The topological polar surface area (TPSA) is 68.5 Å². The van der Waals surface area contributed by atoms with Gasteiger partial charge in [0.2, 0.25) is 5.82 Å². The van der Waals surface area contributed by atoms with E-state index in [1.54, 1.807) is 24.3 Å². The van der Waals surface area contributed by atoms with Gasteiger partial charge in [-0.2, -0.15) is 13.8 Å². The first-order valence-corrected chi connectivity index (χ1v) is 7.50. The Balaban J connectivity index is 1.72. The molecule has 0 atom stereocenters. The summed E-state index contributed by atoms with van der Waals surface area (Å²) in [6, 6.07) is 6.74. The highest BCUT2D eigenvalue weighted by Crippen LogP contribution is 2.32. The summed E-state index contributed by atoms with van der Waals surface area (Å²) < 4.78 is 30.2. The Hall–Kier alpha value is -2.06. The smallest absolute Gasteiger partial charge is 0.331 e. The molecule has 1 fully saturated rings. The van der Waals surface area contributed by atoms with E-state index in [0.29, 0.717) is 18.7 Å². The molecule has 1 aliphatic rings. The average molecular weight is 358 g/mol. The highest BCUT2D eigenvalue weighted by atomic mass is 35.5. The maximum Gasteiger partial charge on any atom is 0.400 e. The van der Waals surface area contributed by atoms with Gasteiger partial charge in [0.25, 0.3) is 5.91 Å². The zero-order chi connectivity index (χ0) is 17.5. The van der Waals surface area contributed by atoms with Gasteiger partial charge >= 0.3 is 11.3 Å². The number of carbonyl (C=O) groups is 1. The highest BCUT2D eigenvalue weighted by molar-refractivity contribution is 6.21. The number of carbonyl (C=O) groups excluding carboxylic acids is 1. The van der Waals surface area contributed by atoms with Crippen LogP contribution in [-0.4, -0.2) is 27.7 Å². The number of hydrogen-bond acceptors (Lipinski definition) is 5. The van der Waals surface area contributed by atoms with E-state index in [9.17, 15) is 13.6 Å². The van der Waals surface area contributed by atoms with Crippen LogP contribution in [0.2, 0.25) is 0 Å². The maximum absolute atomic E-state index is 12.9. The minimum absolute atomic E-state index is 0.00603. The summed E-state index contributed by atoms with van der Waals surface area (Å²) >= 11 is 4.84. The number of halogens is 3. The van der Waals surface area contributed by atoms with Gasteiger partial charge in [-0.05, 0) is 31.0 Å². The van der Waals surface area contributed by atoms with Gasteiger partial charge in [0.05, 0.1) is 18.6 Å². The Morgan fingerprint density at radius 3 is 2.50 bits per heavy atom. The predicted octanol–water partition coefficient (Wildman–Crippen LogP) is 3.32. The van der Waals surface area contributed by atoms with Crippen molar-refractivity contribution in [3.63, 3.8) is 0 Å². The molecule has 2 heterocycles. The Kier molecular flexibility index (Phi) is 4.05. The molecule has 0 bridgehead atoms. The predicted molar refractivity (Wildman–Crippen MR) is 79.8 cm³/mol. The van der Waals surface area contributed by atoms with Gasteiger partial charge in [-0.1, -0.05) is 29.4 Å². The zero-order valence-electron chi connectivity index (χ0n) is 12.9. The second-order valence-electron chi connectivity index (χ2n) is 6.12.